The maximum absolute atomic E-state index is 14.2. The Balaban J connectivity index is 1.81. The number of carbonyl (C=O) groups is 2. The monoisotopic (exact) mass is 709 g/mol. The molecule has 4 aromatic carbocycles. The molecule has 0 amide bonds. The van der Waals surface area contributed by atoms with Crippen molar-refractivity contribution in [1.82, 2.24) is 0 Å². The third kappa shape index (κ3) is 10.1. The minimum Gasteiger partial charge on any atom is -0.482 e. The normalized spacial score (nSPS) is 12.6. The molecule has 0 aliphatic rings. The van der Waals surface area contributed by atoms with Crippen molar-refractivity contribution in [2.75, 3.05) is 13.2 Å². The second kappa shape index (κ2) is 15.1. The first-order chi connectivity index (χ1) is 22.9. The Morgan fingerprint density at radius 1 is 0.592 bits per heavy atom. The third-order valence-electron chi connectivity index (χ3n) is 6.82. The lowest BCUT2D eigenvalue weighted by molar-refractivity contribution is -0.158. The van der Waals surface area contributed by atoms with Gasteiger partial charge in [-0.1, -0.05) is 35.9 Å². The molecule has 1 N–H and O–H groups in total. The fourth-order valence-electron chi connectivity index (χ4n) is 4.80. The molecule has 262 valence electrons. The predicted molar refractivity (Wildman–Crippen MR) is 190 cm³/mol. The Kier molecular flexibility index (Phi) is 11.5. The van der Waals surface area contributed by atoms with E-state index in [1.165, 1.54) is 0 Å². The van der Waals surface area contributed by atoms with Crippen LogP contribution in [0, 0.1) is 13.8 Å². The van der Waals surface area contributed by atoms with Gasteiger partial charge in [0, 0.05) is 0 Å². The van der Waals surface area contributed by atoms with Crippen molar-refractivity contribution >= 4 is 32.4 Å². The lowest BCUT2D eigenvalue weighted by Crippen LogP contribution is -2.27. The minimum absolute atomic E-state index is 0.0678. The highest BCUT2D eigenvalue weighted by atomic mass is 32.3. The van der Waals surface area contributed by atoms with E-state index in [1.54, 1.807) is 114 Å². The molecule has 0 unspecified atom stereocenters. The molecule has 49 heavy (non-hydrogen) atoms. The SMILES string of the molecule is Cc1ccc(S(=O)(=O)[OH+]S(c2ccc(OCC(=O)OC(C)(C)C)cc2)(c2ccc(OCC(=O)OC(C)(C)C)cc2)c2ccccc2C)cc1. The summed E-state index contributed by atoms with van der Waals surface area (Å²) in [6.07, 6.45) is 0. The van der Waals surface area contributed by atoms with Crippen molar-refractivity contribution in [2.45, 2.75) is 86.2 Å². The Morgan fingerprint density at radius 3 is 1.41 bits per heavy atom. The van der Waals surface area contributed by atoms with Gasteiger partial charge in [0.25, 0.3) is 0 Å². The largest absolute Gasteiger partial charge is 0.482 e. The van der Waals surface area contributed by atoms with E-state index in [9.17, 15) is 18.0 Å². The van der Waals surface area contributed by atoms with Crippen LogP contribution in [-0.4, -0.2) is 48.4 Å². The van der Waals surface area contributed by atoms with E-state index in [4.69, 9.17) is 22.6 Å². The first kappa shape index (κ1) is 37.5. The summed E-state index contributed by atoms with van der Waals surface area (Å²) < 4.78 is 55.4. The zero-order chi connectivity index (χ0) is 36.0. The van der Waals surface area contributed by atoms with Crippen molar-refractivity contribution in [1.29, 1.82) is 0 Å². The average molecular weight is 710 g/mol. The molecule has 0 saturated heterocycles. The summed E-state index contributed by atoms with van der Waals surface area (Å²) in [4.78, 5) is 26.6. The number of aryl methyl sites for hydroxylation is 2. The molecule has 0 atom stereocenters. The summed E-state index contributed by atoms with van der Waals surface area (Å²) in [7, 11) is -7.10. The highest BCUT2D eigenvalue weighted by Crippen LogP contribution is 2.69. The molecule has 0 radical (unpaired) electrons. The maximum Gasteiger partial charge on any atom is 0.422 e. The molecular formula is C38H45O9S2+. The molecule has 9 nitrogen and oxygen atoms in total. The van der Waals surface area contributed by atoms with Crippen molar-refractivity contribution in [2.24, 2.45) is 0 Å². The molecule has 0 bridgehead atoms. The Labute approximate surface area is 291 Å². The number of rotatable bonds is 12. The highest BCUT2D eigenvalue weighted by Gasteiger charge is 2.44. The second-order valence-corrected chi connectivity index (χ2v) is 18.0. The first-order valence-corrected chi connectivity index (χ1v) is 18.8. The predicted octanol–water partition coefficient (Wildman–Crippen LogP) is 8.42. The second-order valence-electron chi connectivity index (χ2n) is 13.4. The maximum atomic E-state index is 14.2. The zero-order valence-electron chi connectivity index (χ0n) is 29.2. The zero-order valence-corrected chi connectivity index (χ0v) is 30.8. The van der Waals surface area contributed by atoms with Crippen molar-refractivity contribution in [3.8, 4) is 11.5 Å². The van der Waals surface area contributed by atoms with Gasteiger partial charge in [-0.2, -0.15) is 0 Å². The van der Waals surface area contributed by atoms with Crippen LogP contribution in [-0.2, 0) is 29.2 Å². The van der Waals surface area contributed by atoms with Crippen LogP contribution in [0.3, 0.4) is 0 Å². The smallest absolute Gasteiger partial charge is 0.422 e. The highest BCUT2D eigenvalue weighted by molar-refractivity contribution is 8.32. The van der Waals surface area contributed by atoms with Gasteiger partial charge in [0.1, 0.15) is 27.6 Å². The molecule has 0 aliphatic heterocycles. The van der Waals surface area contributed by atoms with Crippen LogP contribution in [0.15, 0.2) is 117 Å². The van der Waals surface area contributed by atoms with E-state index in [0.717, 1.165) is 16.0 Å². The van der Waals surface area contributed by atoms with Crippen molar-refractivity contribution in [3.63, 3.8) is 0 Å². The lowest BCUT2D eigenvalue weighted by atomic mass is 10.2. The molecule has 0 spiro atoms. The lowest BCUT2D eigenvalue weighted by Gasteiger charge is -2.36. The van der Waals surface area contributed by atoms with Crippen LogP contribution in [0.4, 0.5) is 0 Å². The molecule has 0 aromatic heterocycles. The fraction of sp³-hybridized carbons (Fsp3) is 0.316. The number of benzene rings is 4. The number of hydrogen-bond donors (Lipinski definition) is 0. The molecule has 0 aliphatic carbocycles. The Bertz CT molecular complexity index is 1780. The van der Waals surface area contributed by atoms with Crippen LogP contribution < -0.4 is 9.47 Å². The molecule has 11 heteroatoms. The molecule has 4 rings (SSSR count). The average Bonchev–Trinajstić information content (AvgIpc) is 3.01. The first-order valence-electron chi connectivity index (χ1n) is 15.7. The van der Waals surface area contributed by atoms with Crippen molar-refractivity contribution < 1.29 is 40.6 Å². The van der Waals surface area contributed by atoms with E-state index >= 15 is 0 Å². The van der Waals surface area contributed by atoms with Gasteiger partial charge in [-0.15, -0.1) is 8.42 Å². The van der Waals surface area contributed by atoms with Gasteiger partial charge in [-0.3, -0.25) is 3.63 Å². The van der Waals surface area contributed by atoms with Crippen LogP contribution in [0.25, 0.3) is 0 Å². The van der Waals surface area contributed by atoms with Gasteiger partial charge in [-0.25, -0.2) is 9.59 Å². The summed E-state index contributed by atoms with van der Waals surface area (Å²) in [5, 5.41) is 0. The van der Waals surface area contributed by atoms with E-state index in [-0.39, 0.29) is 18.1 Å². The topological polar surface area (TPSA) is 118 Å². The van der Waals surface area contributed by atoms with E-state index < -0.39 is 43.6 Å². The van der Waals surface area contributed by atoms with E-state index in [0.29, 0.717) is 21.3 Å². The van der Waals surface area contributed by atoms with Gasteiger partial charge in [-0.05, 0) is 128 Å². The molecular weight excluding hydrogens is 665 g/mol. The molecule has 0 saturated carbocycles. The standard InChI is InChI=1S/C38H44O9S2/c1-27-13-19-33(20-14-27)49(41,42)47-48(34-12-10-9-11-28(34)2,31-21-15-29(16-22-31)43-25-35(39)45-37(3,4)5)32-23-17-30(18-24-32)44-26-36(40)46-38(6,7)8/h9-24H,25-26H2,1-8H3/p+1. The van der Waals surface area contributed by atoms with E-state index in [2.05, 4.69) is 0 Å². The summed E-state index contributed by atoms with van der Waals surface area (Å²) in [6, 6.07) is 28.0. The Morgan fingerprint density at radius 2 is 1.00 bits per heavy atom. The molecule has 4 aromatic rings. The number of esters is 2. The summed E-state index contributed by atoms with van der Waals surface area (Å²) in [5.41, 5.74) is 0.458. The fourth-order valence-corrected chi connectivity index (χ4v) is 10.5. The van der Waals surface area contributed by atoms with Crippen LogP contribution >= 0.6 is 10.3 Å². The number of hydrogen-bond acceptors (Lipinski definition) is 8. The van der Waals surface area contributed by atoms with Gasteiger partial charge in [0.05, 0.1) is 25.0 Å². The summed E-state index contributed by atoms with van der Waals surface area (Å²) in [5.74, 6) is -0.214. The summed E-state index contributed by atoms with van der Waals surface area (Å²) >= 11 is 0. The minimum atomic E-state index is -4.22. The van der Waals surface area contributed by atoms with Crippen LogP contribution in [0.5, 0.6) is 11.5 Å². The molecule has 0 heterocycles. The van der Waals surface area contributed by atoms with Crippen molar-refractivity contribution in [3.05, 3.63) is 108 Å². The van der Waals surface area contributed by atoms with Gasteiger partial charge < -0.3 is 18.9 Å². The van der Waals surface area contributed by atoms with Gasteiger partial charge >= 0.3 is 22.1 Å². The number of carbonyl (C=O) groups excluding carboxylic acids is 2. The third-order valence-corrected chi connectivity index (χ3v) is 12.4. The Hall–Kier alpha value is -4.32. The molecule has 0 fully saturated rings. The van der Waals surface area contributed by atoms with Crippen LogP contribution in [0.1, 0.15) is 52.7 Å². The quantitative estimate of drug-likeness (QED) is 0.0818. The van der Waals surface area contributed by atoms with E-state index in [1.807, 2.05) is 38.1 Å². The van der Waals surface area contributed by atoms with Gasteiger partial charge in [0.2, 0.25) is 0 Å². The van der Waals surface area contributed by atoms with Gasteiger partial charge in [0.15, 0.2) is 13.2 Å². The number of ether oxygens (including phenoxy) is 4. The van der Waals surface area contributed by atoms with Crippen LogP contribution in [0.2, 0.25) is 0 Å². The summed E-state index contributed by atoms with van der Waals surface area (Å²) in [6.45, 7) is 13.9.